The van der Waals surface area contributed by atoms with Crippen molar-refractivity contribution in [3.63, 3.8) is 0 Å². The number of benzene rings is 1. The normalized spacial score (nSPS) is 34.1. The van der Waals surface area contributed by atoms with Crippen LogP contribution in [-0.4, -0.2) is 41.1 Å². The van der Waals surface area contributed by atoms with Crippen LogP contribution < -0.4 is 5.32 Å². The minimum absolute atomic E-state index is 0.0280. The Morgan fingerprint density at radius 3 is 2.27 bits per heavy atom. The summed E-state index contributed by atoms with van der Waals surface area (Å²) < 4.78 is 0. The third-order valence-corrected chi connectivity index (χ3v) is 7.34. The van der Waals surface area contributed by atoms with E-state index in [-0.39, 0.29) is 17.9 Å². The van der Waals surface area contributed by atoms with Gasteiger partial charge in [-0.15, -0.1) is 0 Å². The SMILES string of the molecule is O=C(NC1C2CN(C3CC3)CC21)C(O)(c1ccccc1)C1CCCCC1. The molecule has 3 unspecified atom stereocenters. The Labute approximate surface area is 156 Å². The molecule has 0 spiro atoms. The van der Waals surface area contributed by atoms with Crippen LogP contribution in [0.25, 0.3) is 0 Å². The summed E-state index contributed by atoms with van der Waals surface area (Å²) in [6.45, 7) is 2.26. The lowest BCUT2D eigenvalue weighted by atomic mass is 9.73. The molecule has 1 aliphatic heterocycles. The first-order chi connectivity index (χ1) is 12.7. The second kappa shape index (κ2) is 6.35. The number of carbonyl (C=O) groups is 1. The highest BCUT2D eigenvalue weighted by Gasteiger charge is 2.59. The zero-order chi connectivity index (χ0) is 17.7. The number of aliphatic hydroxyl groups is 1. The van der Waals surface area contributed by atoms with Crippen LogP contribution >= 0.6 is 0 Å². The van der Waals surface area contributed by atoms with Gasteiger partial charge in [0.1, 0.15) is 0 Å². The van der Waals surface area contributed by atoms with E-state index in [2.05, 4.69) is 10.2 Å². The van der Waals surface area contributed by atoms with Gasteiger partial charge in [-0.1, -0.05) is 49.6 Å². The topological polar surface area (TPSA) is 52.6 Å². The van der Waals surface area contributed by atoms with Crippen molar-refractivity contribution in [1.82, 2.24) is 10.2 Å². The zero-order valence-electron chi connectivity index (χ0n) is 15.4. The number of amides is 1. The molecule has 1 aromatic carbocycles. The van der Waals surface area contributed by atoms with E-state index in [0.717, 1.165) is 50.4 Å². The molecule has 4 heteroatoms. The lowest BCUT2D eigenvalue weighted by Crippen LogP contribution is -2.52. The first kappa shape index (κ1) is 16.8. The maximum atomic E-state index is 13.3. The first-order valence-electron chi connectivity index (χ1n) is 10.5. The highest BCUT2D eigenvalue weighted by Crippen LogP contribution is 2.49. The number of nitrogens with zero attached hydrogens (tertiary/aromatic N) is 1. The molecule has 3 saturated carbocycles. The van der Waals surface area contributed by atoms with Gasteiger partial charge in [-0.2, -0.15) is 0 Å². The molecule has 26 heavy (non-hydrogen) atoms. The highest BCUT2D eigenvalue weighted by molar-refractivity contribution is 5.87. The second-order valence-electron chi connectivity index (χ2n) is 8.98. The molecule has 0 aromatic heterocycles. The number of rotatable bonds is 5. The van der Waals surface area contributed by atoms with Crippen LogP contribution in [0.3, 0.4) is 0 Å². The monoisotopic (exact) mass is 354 g/mol. The van der Waals surface area contributed by atoms with Gasteiger partial charge >= 0.3 is 0 Å². The predicted octanol–water partition coefficient (Wildman–Crippen LogP) is 2.66. The van der Waals surface area contributed by atoms with E-state index >= 15 is 0 Å². The van der Waals surface area contributed by atoms with E-state index in [9.17, 15) is 9.90 Å². The average molecular weight is 354 g/mol. The number of likely N-dealkylation sites (tertiary alicyclic amines) is 1. The summed E-state index contributed by atoms with van der Waals surface area (Å²) in [5, 5.41) is 14.9. The van der Waals surface area contributed by atoms with Crippen molar-refractivity contribution in [3.05, 3.63) is 35.9 Å². The van der Waals surface area contributed by atoms with E-state index in [1.54, 1.807) is 0 Å². The summed E-state index contributed by atoms with van der Waals surface area (Å²) in [5.74, 6) is 1.07. The Morgan fingerprint density at radius 2 is 1.65 bits per heavy atom. The smallest absolute Gasteiger partial charge is 0.257 e. The van der Waals surface area contributed by atoms with Crippen molar-refractivity contribution < 1.29 is 9.90 Å². The molecule has 1 heterocycles. The third kappa shape index (κ3) is 2.78. The molecule has 5 rings (SSSR count). The van der Waals surface area contributed by atoms with E-state index in [1.807, 2.05) is 30.3 Å². The van der Waals surface area contributed by atoms with Crippen molar-refractivity contribution in [2.45, 2.75) is 62.6 Å². The Hall–Kier alpha value is -1.39. The Balaban J connectivity index is 1.31. The van der Waals surface area contributed by atoms with Crippen LogP contribution in [-0.2, 0) is 10.4 Å². The molecule has 1 aromatic rings. The molecule has 3 aliphatic carbocycles. The van der Waals surface area contributed by atoms with Gasteiger partial charge in [0.05, 0.1) is 0 Å². The maximum absolute atomic E-state index is 13.3. The van der Waals surface area contributed by atoms with Gasteiger partial charge in [-0.3, -0.25) is 9.69 Å². The number of piperidine rings is 1. The summed E-state index contributed by atoms with van der Waals surface area (Å²) >= 11 is 0. The van der Waals surface area contributed by atoms with Gasteiger partial charge in [0.25, 0.3) is 5.91 Å². The van der Waals surface area contributed by atoms with Crippen LogP contribution in [0.5, 0.6) is 0 Å². The Kier molecular flexibility index (Phi) is 4.09. The van der Waals surface area contributed by atoms with Crippen LogP contribution in [0.2, 0.25) is 0 Å². The zero-order valence-corrected chi connectivity index (χ0v) is 15.4. The van der Waals surface area contributed by atoms with Crippen molar-refractivity contribution in [2.75, 3.05) is 13.1 Å². The molecule has 4 fully saturated rings. The molecule has 0 radical (unpaired) electrons. The fourth-order valence-corrected chi connectivity index (χ4v) is 5.54. The minimum Gasteiger partial charge on any atom is -0.375 e. The summed E-state index contributed by atoms with van der Waals surface area (Å²) in [6, 6.07) is 10.7. The number of fused-ring (bicyclic) bond motifs is 1. The fraction of sp³-hybridized carbons (Fsp3) is 0.682. The number of nitrogens with one attached hydrogen (secondary N) is 1. The van der Waals surface area contributed by atoms with Crippen molar-refractivity contribution in [2.24, 2.45) is 17.8 Å². The van der Waals surface area contributed by atoms with Gasteiger partial charge in [-0.05, 0) is 43.1 Å². The van der Waals surface area contributed by atoms with Crippen molar-refractivity contribution in [1.29, 1.82) is 0 Å². The molecule has 0 bridgehead atoms. The summed E-state index contributed by atoms with van der Waals surface area (Å²) in [7, 11) is 0. The number of hydrogen-bond acceptors (Lipinski definition) is 3. The lowest BCUT2D eigenvalue weighted by molar-refractivity contribution is -0.149. The molecule has 4 nitrogen and oxygen atoms in total. The molecule has 2 N–H and O–H groups in total. The van der Waals surface area contributed by atoms with Gasteiger partial charge in [0.15, 0.2) is 5.60 Å². The molecular formula is C22H30N2O2. The molecule has 4 aliphatic rings. The molecule has 140 valence electrons. The predicted molar refractivity (Wildman–Crippen MR) is 100 cm³/mol. The average Bonchev–Trinajstić information content (AvgIpc) is 3.60. The number of carbonyl (C=O) groups excluding carboxylic acids is 1. The third-order valence-electron chi connectivity index (χ3n) is 7.34. The molecule has 1 saturated heterocycles. The van der Waals surface area contributed by atoms with Crippen LogP contribution in [0.4, 0.5) is 0 Å². The van der Waals surface area contributed by atoms with Crippen LogP contribution in [0, 0.1) is 17.8 Å². The summed E-state index contributed by atoms with van der Waals surface area (Å²) in [4.78, 5) is 15.9. The minimum atomic E-state index is -1.38. The number of hydrogen-bond donors (Lipinski definition) is 2. The van der Waals surface area contributed by atoms with E-state index in [1.165, 1.54) is 19.3 Å². The first-order valence-corrected chi connectivity index (χ1v) is 10.5. The van der Waals surface area contributed by atoms with Gasteiger partial charge in [0, 0.05) is 31.1 Å². The van der Waals surface area contributed by atoms with E-state index in [0.29, 0.717) is 11.8 Å². The highest BCUT2D eigenvalue weighted by atomic mass is 16.3. The van der Waals surface area contributed by atoms with E-state index < -0.39 is 5.60 Å². The van der Waals surface area contributed by atoms with Gasteiger partial charge in [-0.25, -0.2) is 0 Å². The van der Waals surface area contributed by atoms with Gasteiger partial charge < -0.3 is 10.4 Å². The largest absolute Gasteiger partial charge is 0.375 e. The van der Waals surface area contributed by atoms with E-state index in [4.69, 9.17) is 0 Å². The lowest BCUT2D eigenvalue weighted by Gasteiger charge is -2.38. The van der Waals surface area contributed by atoms with Crippen LogP contribution in [0.15, 0.2) is 30.3 Å². The fourth-order valence-electron chi connectivity index (χ4n) is 5.54. The molecule has 3 atom stereocenters. The standard InChI is InChI=1S/C22H30N2O2/c25-21(23-20-18-13-24(14-19(18)20)17-11-12-17)22(26,15-7-3-1-4-8-15)16-9-5-2-6-10-16/h1,3-4,7-8,16-20,26H,2,5-6,9-14H2,(H,23,25). The van der Waals surface area contributed by atoms with Crippen molar-refractivity contribution in [3.8, 4) is 0 Å². The van der Waals surface area contributed by atoms with Gasteiger partial charge in [0.2, 0.25) is 0 Å². The maximum Gasteiger partial charge on any atom is 0.257 e. The second-order valence-corrected chi connectivity index (χ2v) is 8.98. The quantitative estimate of drug-likeness (QED) is 0.855. The Morgan fingerprint density at radius 1 is 1.00 bits per heavy atom. The van der Waals surface area contributed by atoms with Crippen LogP contribution in [0.1, 0.15) is 50.5 Å². The van der Waals surface area contributed by atoms with Crippen molar-refractivity contribution >= 4 is 5.91 Å². The summed E-state index contributed by atoms with van der Waals surface area (Å²) in [5.41, 5.74) is -0.621. The molecular weight excluding hydrogens is 324 g/mol. The Bertz CT molecular complexity index is 656. The molecule has 1 amide bonds. The summed E-state index contributed by atoms with van der Waals surface area (Å²) in [6.07, 6.45) is 8.01.